The summed E-state index contributed by atoms with van der Waals surface area (Å²) in [6, 6.07) is 0.234. The first-order chi connectivity index (χ1) is 12.7. The maximum absolute atomic E-state index is 12.8. The van der Waals surface area contributed by atoms with Crippen LogP contribution in [0.5, 0.6) is 0 Å². The maximum atomic E-state index is 12.8. The van der Waals surface area contributed by atoms with E-state index in [1.165, 1.54) is 18.4 Å². The van der Waals surface area contributed by atoms with Crippen LogP contribution in [0.3, 0.4) is 0 Å². The fraction of sp³-hybridized carbons (Fsp3) is 0.750. The molecule has 1 aromatic heterocycles. The van der Waals surface area contributed by atoms with E-state index in [4.69, 9.17) is 9.72 Å². The summed E-state index contributed by atoms with van der Waals surface area (Å²) in [6.45, 7) is 7.37. The predicted octanol–water partition coefficient (Wildman–Crippen LogP) is 2.11. The molecule has 3 fully saturated rings. The standard InChI is InChI=1S/C20H30N4O2/c1-3-14-10-21-13(2)22-19(14)24-11-17(15-4-5-15)18(12-24)23-20(25)16-6-8-26-9-7-16/h10,15-18H,3-9,11-12H2,1-2H3,(H,23,25). The normalized spacial score (nSPS) is 26.9. The van der Waals surface area contributed by atoms with Gasteiger partial charge < -0.3 is 15.0 Å². The molecule has 1 aliphatic carbocycles. The zero-order valence-electron chi connectivity index (χ0n) is 15.9. The zero-order valence-corrected chi connectivity index (χ0v) is 15.9. The van der Waals surface area contributed by atoms with Gasteiger partial charge in [-0.05, 0) is 44.9 Å². The van der Waals surface area contributed by atoms with E-state index in [1.54, 1.807) is 0 Å². The largest absolute Gasteiger partial charge is 0.381 e. The highest BCUT2D eigenvalue weighted by Gasteiger charge is 2.44. The molecular weight excluding hydrogens is 328 g/mol. The number of aromatic nitrogens is 2. The molecule has 1 amide bonds. The van der Waals surface area contributed by atoms with E-state index in [0.717, 1.165) is 49.9 Å². The first-order valence-corrected chi connectivity index (χ1v) is 10.1. The molecule has 1 N–H and O–H groups in total. The van der Waals surface area contributed by atoms with Gasteiger partial charge in [-0.25, -0.2) is 9.97 Å². The summed E-state index contributed by atoms with van der Waals surface area (Å²) < 4.78 is 5.40. The van der Waals surface area contributed by atoms with E-state index >= 15 is 0 Å². The molecule has 2 saturated heterocycles. The lowest BCUT2D eigenvalue weighted by atomic mass is 9.95. The van der Waals surface area contributed by atoms with E-state index < -0.39 is 0 Å². The van der Waals surface area contributed by atoms with Crippen LogP contribution in [0.4, 0.5) is 5.82 Å². The van der Waals surface area contributed by atoms with E-state index in [9.17, 15) is 4.79 Å². The summed E-state index contributed by atoms with van der Waals surface area (Å²) in [5.41, 5.74) is 1.20. The monoisotopic (exact) mass is 358 g/mol. The number of rotatable bonds is 5. The van der Waals surface area contributed by atoms with Gasteiger partial charge in [-0.15, -0.1) is 0 Å². The number of ether oxygens (including phenoxy) is 1. The molecule has 0 bridgehead atoms. The summed E-state index contributed by atoms with van der Waals surface area (Å²) in [5.74, 6) is 3.51. The molecule has 0 spiro atoms. The molecule has 6 nitrogen and oxygen atoms in total. The number of nitrogens with one attached hydrogen (secondary N) is 1. The smallest absolute Gasteiger partial charge is 0.223 e. The van der Waals surface area contributed by atoms with Crippen molar-refractivity contribution in [1.29, 1.82) is 0 Å². The van der Waals surface area contributed by atoms with E-state index in [-0.39, 0.29) is 17.9 Å². The molecule has 3 heterocycles. The Morgan fingerprint density at radius 1 is 1.27 bits per heavy atom. The lowest BCUT2D eigenvalue weighted by Crippen LogP contribution is -2.45. The minimum absolute atomic E-state index is 0.116. The number of anilines is 1. The van der Waals surface area contributed by atoms with Crippen molar-refractivity contribution < 1.29 is 9.53 Å². The van der Waals surface area contributed by atoms with Crippen LogP contribution < -0.4 is 10.2 Å². The van der Waals surface area contributed by atoms with Gasteiger partial charge in [0.15, 0.2) is 0 Å². The van der Waals surface area contributed by atoms with Gasteiger partial charge in [0.2, 0.25) is 5.91 Å². The van der Waals surface area contributed by atoms with E-state index in [2.05, 4.69) is 22.1 Å². The summed E-state index contributed by atoms with van der Waals surface area (Å²) >= 11 is 0. The Balaban J connectivity index is 1.48. The van der Waals surface area contributed by atoms with Gasteiger partial charge in [-0.3, -0.25) is 4.79 Å². The lowest BCUT2D eigenvalue weighted by molar-refractivity contribution is -0.128. The van der Waals surface area contributed by atoms with Crippen molar-refractivity contribution in [3.8, 4) is 0 Å². The molecule has 142 valence electrons. The number of amides is 1. The van der Waals surface area contributed by atoms with Crippen molar-refractivity contribution in [3.63, 3.8) is 0 Å². The molecule has 2 atom stereocenters. The van der Waals surface area contributed by atoms with Crippen molar-refractivity contribution in [1.82, 2.24) is 15.3 Å². The molecule has 4 rings (SSSR count). The highest BCUT2D eigenvalue weighted by molar-refractivity contribution is 5.79. The third-order valence-corrected chi connectivity index (χ3v) is 6.15. The average Bonchev–Trinajstić information content (AvgIpc) is 3.43. The average molecular weight is 358 g/mol. The molecule has 6 heteroatoms. The number of aryl methyl sites for hydroxylation is 2. The number of hydrogen-bond donors (Lipinski definition) is 1. The van der Waals surface area contributed by atoms with Crippen molar-refractivity contribution >= 4 is 11.7 Å². The Kier molecular flexibility index (Phi) is 5.11. The number of carbonyl (C=O) groups is 1. The van der Waals surface area contributed by atoms with Crippen LogP contribution in [0.2, 0.25) is 0 Å². The first kappa shape index (κ1) is 17.7. The second-order valence-electron chi connectivity index (χ2n) is 8.03. The van der Waals surface area contributed by atoms with Crippen molar-refractivity contribution in [2.24, 2.45) is 17.8 Å². The van der Waals surface area contributed by atoms with Crippen LogP contribution in [0, 0.1) is 24.7 Å². The molecule has 1 aromatic rings. The minimum Gasteiger partial charge on any atom is -0.381 e. The van der Waals surface area contributed by atoms with Gasteiger partial charge in [0, 0.05) is 49.9 Å². The summed E-state index contributed by atoms with van der Waals surface area (Å²) in [5, 5.41) is 3.39. The van der Waals surface area contributed by atoms with Gasteiger partial charge in [0.25, 0.3) is 0 Å². The van der Waals surface area contributed by atoms with Crippen LogP contribution >= 0.6 is 0 Å². The lowest BCUT2D eigenvalue weighted by Gasteiger charge is -2.25. The predicted molar refractivity (Wildman–Crippen MR) is 100 cm³/mol. The summed E-state index contributed by atoms with van der Waals surface area (Å²) in [4.78, 5) is 24.2. The Morgan fingerprint density at radius 2 is 2.04 bits per heavy atom. The Labute approximate surface area is 155 Å². The number of nitrogens with zero attached hydrogens (tertiary/aromatic N) is 3. The first-order valence-electron chi connectivity index (χ1n) is 10.1. The van der Waals surface area contributed by atoms with Crippen LogP contribution in [0.15, 0.2) is 6.20 Å². The van der Waals surface area contributed by atoms with Crippen molar-refractivity contribution in [3.05, 3.63) is 17.6 Å². The second-order valence-corrected chi connectivity index (χ2v) is 8.03. The molecular formula is C20H30N4O2. The molecule has 3 aliphatic rings. The molecule has 2 unspecified atom stereocenters. The summed E-state index contributed by atoms with van der Waals surface area (Å²) in [7, 11) is 0. The topological polar surface area (TPSA) is 67.4 Å². The molecule has 2 aliphatic heterocycles. The molecule has 1 saturated carbocycles. The molecule has 0 radical (unpaired) electrons. The highest BCUT2D eigenvalue weighted by Crippen LogP contribution is 2.42. The Morgan fingerprint density at radius 3 is 2.73 bits per heavy atom. The Bertz CT molecular complexity index is 655. The van der Waals surface area contributed by atoms with Crippen LogP contribution in [-0.2, 0) is 16.0 Å². The third-order valence-electron chi connectivity index (χ3n) is 6.15. The highest BCUT2D eigenvalue weighted by atomic mass is 16.5. The van der Waals surface area contributed by atoms with Gasteiger partial charge in [-0.1, -0.05) is 6.92 Å². The maximum Gasteiger partial charge on any atom is 0.223 e. The van der Waals surface area contributed by atoms with E-state index in [0.29, 0.717) is 19.1 Å². The van der Waals surface area contributed by atoms with Gasteiger partial charge in [0.05, 0.1) is 6.04 Å². The van der Waals surface area contributed by atoms with Crippen molar-refractivity contribution in [2.45, 2.75) is 52.0 Å². The summed E-state index contributed by atoms with van der Waals surface area (Å²) in [6.07, 6.45) is 7.18. The van der Waals surface area contributed by atoms with E-state index in [1.807, 2.05) is 13.1 Å². The van der Waals surface area contributed by atoms with Crippen LogP contribution in [0.25, 0.3) is 0 Å². The van der Waals surface area contributed by atoms with Crippen molar-refractivity contribution in [2.75, 3.05) is 31.2 Å². The van der Waals surface area contributed by atoms with Crippen LogP contribution in [0.1, 0.15) is 44.0 Å². The van der Waals surface area contributed by atoms with Gasteiger partial charge in [0.1, 0.15) is 11.6 Å². The van der Waals surface area contributed by atoms with Gasteiger partial charge in [-0.2, -0.15) is 0 Å². The number of carbonyl (C=O) groups excluding carboxylic acids is 1. The quantitative estimate of drug-likeness (QED) is 0.873. The third kappa shape index (κ3) is 3.70. The SMILES string of the molecule is CCc1cnc(C)nc1N1CC(NC(=O)C2CCOCC2)C(C2CC2)C1. The Hall–Kier alpha value is -1.69. The fourth-order valence-corrected chi connectivity index (χ4v) is 4.42. The van der Waals surface area contributed by atoms with Gasteiger partial charge >= 0.3 is 0 Å². The molecule has 0 aromatic carbocycles. The molecule has 26 heavy (non-hydrogen) atoms. The fourth-order valence-electron chi connectivity index (χ4n) is 4.42. The van der Waals surface area contributed by atoms with Crippen LogP contribution in [-0.4, -0.2) is 48.2 Å². The number of hydrogen-bond acceptors (Lipinski definition) is 5. The zero-order chi connectivity index (χ0) is 18.1. The second kappa shape index (κ2) is 7.51. The minimum atomic E-state index is 0.116.